The Labute approximate surface area is 193 Å². The van der Waals surface area contributed by atoms with Gasteiger partial charge in [-0.3, -0.25) is 19.3 Å². The molecule has 33 heavy (non-hydrogen) atoms. The van der Waals surface area contributed by atoms with Gasteiger partial charge in [0.1, 0.15) is 5.70 Å². The number of anilines is 2. The fourth-order valence-electron chi connectivity index (χ4n) is 4.92. The largest absolute Gasteiger partial charge is 0.376 e. The van der Waals surface area contributed by atoms with E-state index in [1.165, 1.54) is 17.4 Å². The van der Waals surface area contributed by atoms with Crippen LogP contribution >= 0.6 is 0 Å². The number of nitrogens with one attached hydrogen (secondary N) is 1. The third-order valence-electron chi connectivity index (χ3n) is 6.43. The van der Waals surface area contributed by atoms with E-state index in [0.717, 1.165) is 31.4 Å². The first kappa shape index (κ1) is 21.4. The van der Waals surface area contributed by atoms with Crippen molar-refractivity contribution in [3.8, 4) is 0 Å². The number of imide groups is 1. The van der Waals surface area contributed by atoms with Crippen LogP contribution in [0.3, 0.4) is 0 Å². The molecule has 0 spiro atoms. The Bertz CT molecular complexity index is 1130. The summed E-state index contributed by atoms with van der Waals surface area (Å²) in [6.45, 7) is 3.05. The number of ether oxygens (including phenoxy) is 1. The van der Waals surface area contributed by atoms with Crippen LogP contribution in [0.25, 0.3) is 5.57 Å². The Kier molecular flexibility index (Phi) is 5.72. The number of hydrogen-bond acceptors (Lipinski definition) is 5. The van der Waals surface area contributed by atoms with E-state index in [1.807, 2.05) is 23.1 Å². The summed E-state index contributed by atoms with van der Waals surface area (Å²) in [6, 6.07) is 15.1. The van der Waals surface area contributed by atoms with E-state index in [0.29, 0.717) is 35.7 Å². The smallest absolute Gasteiger partial charge is 0.278 e. The molecule has 5 rings (SSSR count). The van der Waals surface area contributed by atoms with E-state index >= 15 is 0 Å². The maximum Gasteiger partial charge on any atom is 0.278 e. The average Bonchev–Trinajstić information content (AvgIpc) is 3.41. The van der Waals surface area contributed by atoms with Crippen molar-refractivity contribution >= 4 is 34.7 Å². The van der Waals surface area contributed by atoms with Crippen molar-refractivity contribution in [3.63, 3.8) is 0 Å². The number of benzene rings is 2. The zero-order chi connectivity index (χ0) is 22.9. The molecule has 1 saturated heterocycles. The lowest BCUT2D eigenvalue weighted by molar-refractivity contribution is -0.138. The van der Waals surface area contributed by atoms with Gasteiger partial charge in [0, 0.05) is 31.5 Å². The first-order chi connectivity index (χ1) is 16.0. The molecule has 7 heteroatoms. The van der Waals surface area contributed by atoms with Gasteiger partial charge in [0.05, 0.1) is 18.2 Å². The fourth-order valence-corrected chi connectivity index (χ4v) is 4.92. The quantitative estimate of drug-likeness (QED) is 0.714. The van der Waals surface area contributed by atoms with Gasteiger partial charge in [-0.1, -0.05) is 30.3 Å². The highest BCUT2D eigenvalue weighted by atomic mass is 16.5. The van der Waals surface area contributed by atoms with Crippen LogP contribution in [0.4, 0.5) is 11.4 Å². The van der Waals surface area contributed by atoms with Gasteiger partial charge in [-0.05, 0) is 55.0 Å². The standard InChI is InChI=1S/C26H27N3O4/c1-17(30)27-20-12-10-19(11-13-20)23-24(28-14-4-7-18-6-2-3-9-22(18)28)26(32)29(25(23)31)16-21-8-5-15-33-21/h2-3,6,9-13,21H,4-5,7-8,14-16H2,1H3,(H,27,30). The van der Waals surface area contributed by atoms with Crippen molar-refractivity contribution in [1.29, 1.82) is 0 Å². The van der Waals surface area contributed by atoms with Crippen LogP contribution in [-0.2, 0) is 25.5 Å². The van der Waals surface area contributed by atoms with Gasteiger partial charge < -0.3 is 15.0 Å². The minimum Gasteiger partial charge on any atom is -0.376 e. The zero-order valence-electron chi connectivity index (χ0n) is 18.7. The highest BCUT2D eigenvalue weighted by molar-refractivity contribution is 6.36. The Hall–Kier alpha value is -3.45. The van der Waals surface area contributed by atoms with E-state index in [2.05, 4.69) is 11.4 Å². The maximum absolute atomic E-state index is 13.7. The first-order valence-electron chi connectivity index (χ1n) is 11.5. The van der Waals surface area contributed by atoms with Gasteiger partial charge >= 0.3 is 0 Å². The van der Waals surface area contributed by atoms with Crippen LogP contribution in [0.5, 0.6) is 0 Å². The van der Waals surface area contributed by atoms with Crippen LogP contribution < -0.4 is 10.2 Å². The summed E-state index contributed by atoms with van der Waals surface area (Å²) < 4.78 is 5.72. The van der Waals surface area contributed by atoms with Crippen LogP contribution in [0.15, 0.2) is 54.2 Å². The SMILES string of the molecule is CC(=O)Nc1ccc(C2=C(N3CCCc4ccccc43)C(=O)N(CC3CCCO3)C2=O)cc1. The second-order valence-electron chi connectivity index (χ2n) is 8.72. The average molecular weight is 446 g/mol. The van der Waals surface area contributed by atoms with Gasteiger partial charge in [0.15, 0.2) is 0 Å². The second kappa shape index (κ2) is 8.83. The molecule has 2 aromatic carbocycles. The highest BCUT2D eigenvalue weighted by Crippen LogP contribution is 2.38. The van der Waals surface area contributed by atoms with E-state index in [-0.39, 0.29) is 30.4 Å². The van der Waals surface area contributed by atoms with Crippen LogP contribution in [0, 0.1) is 0 Å². The molecule has 3 amide bonds. The summed E-state index contributed by atoms with van der Waals surface area (Å²) in [5.41, 5.74) is 4.29. The Balaban J connectivity index is 1.57. The molecular weight excluding hydrogens is 418 g/mol. The molecule has 0 radical (unpaired) electrons. The van der Waals surface area contributed by atoms with Gasteiger partial charge in [0.25, 0.3) is 11.8 Å². The number of amides is 3. The molecule has 0 saturated carbocycles. The van der Waals surface area contributed by atoms with Crippen molar-refractivity contribution in [2.45, 2.75) is 38.7 Å². The van der Waals surface area contributed by atoms with Crippen molar-refractivity contribution in [1.82, 2.24) is 4.90 Å². The van der Waals surface area contributed by atoms with Crippen molar-refractivity contribution in [2.24, 2.45) is 0 Å². The molecule has 1 atom stereocenters. The van der Waals surface area contributed by atoms with E-state index < -0.39 is 0 Å². The van der Waals surface area contributed by atoms with E-state index in [9.17, 15) is 14.4 Å². The predicted molar refractivity (Wildman–Crippen MR) is 125 cm³/mol. The Morgan fingerprint density at radius 2 is 1.85 bits per heavy atom. The Morgan fingerprint density at radius 3 is 2.58 bits per heavy atom. The number of carbonyl (C=O) groups is 3. The molecular formula is C26H27N3O4. The normalized spacial score (nSPS) is 20.5. The lowest BCUT2D eigenvalue weighted by Gasteiger charge is -2.32. The molecule has 1 unspecified atom stereocenters. The molecule has 1 fully saturated rings. The van der Waals surface area contributed by atoms with Crippen LogP contribution in [0.1, 0.15) is 37.3 Å². The maximum atomic E-state index is 13.7. The minimum absolute atomic E-state index is 0.116. The molecule has 170 valence electrons. The monoisotopic (exact) mass is 445 g/mol. The summed E-state index contributed by atoms with van der Waals surface area (Å²) in [4.78, 5) is 42.1. The molecule has 3 aliphatic heterocycles. The number of para-hydroxylation sites is 1. The number of aryl methyl sites for hydroxylation is 1. The number of hydrogen-bond donors (Lipinski definition) is 1. The van der Waals surface area contributed by atoms with Crippen LogP contribution in [-0.4, -0.2) is 48.4 Å². The number of nitrogens with zero attached hydrogens (tertiary/aromatic N) is 2. The van der Waals surface area contributed by atoms with Crippen molar-refractivity contribution < 1.29 is 19.1 Å². The molecule has 0 bridgehead atoms. The number of carbonyl (C=O) groups excluding carboxylic acids is 3. The molecule has 7 nitrogen and oxygen atoms in total. The van der Waals surface area contributed by atoms with Crippen molar-refractivity contribution in [2.75, 3.05) is 29.9 Å². The summed E-state index contributed by atoms with van der Waals surface area (Å²) in [5, 5.41) is 2.74. The molecule has 2 aromatic rings. The predicted octanol–water partition coefficient (Wildman–Crippen LogP) is 3.36. The molecule has 1 N–H and O–H groups in total. The lowest BCUT2D eigenvalue weighted by Crippen LogP contribution is -2.40. The third kappa shape index (κ3) is 4.04. The highest BCUT2D eigenvalue weighted by Gasteiger charge is 2.43. The van der Waals surface area contributed by atoms with Gasteiger partial charge in [-0.25, -0.2) is 0 Å². The second-order valence-corrected chi connectivity index (χ2v) is 8.72. The molecule has 0 aliphatic carbocycles. The van der Waals surface area contributed by atoms with E-state index in [4.69, 9.17) is 4.74 Å². The van der Waals surface area contributed by atoms with Gasteiger partial charge in [-0.2, -0.15) is 0 Å². The summed E-state index contributed by atoms with van der Waals surface area (Å²) in [7, 11) is 0. The molecule has 0 aromatic heterocycles. The summed E-state index contributed by atoms with van der Waals surface area (Å²) >= 11 is 0. The number of fused-ring (bicyclic) bond motifs is 1. The fraction of sp³-hybridized carbons (Fsp3) is 0.346. The first-order valence-corrected chi connectivity index (χ1v) is 11.5. The zero-order valence-corrected chi connectivity index (χ0v) is 18.7. The number of rotatable bonds is 5. The minimum atomic E-state index is -0.291. The third-order valence-corrected chi connectivity index (χ3v) is 6.43. The topological polar surface area (TPSA) is 79.0 Å². The van der Waals surface area contributed by atoms with Gasteiger partial charge in [-0.15, -0.1) is 0 Å². The molecule has 3 heterocycles. The van der Waals surface area contributed by atoms with E-state index in [1.54, 1.807) is 24.3 Å². The van der Waals surface area contributed by atoms with Gasteiger partial charge in [0.2, 0.25) is 5.91 Å². The Morgan fingerprint density at radius 1 is 1.06 bits per heavy atom. The van der Waals surface area contributed by atoms with Crippen molar-refractivity contribution in [3.05, 3.63) is 65.4 Å². The lowest BCUT2D eigenvalue weighted by atomic mass is 9.98. The molecule has 3 aliphatic rings. The van der Waals surface area contributed by atoms with Crippen LogP contribution in [0.2, 0.25) is 0 Å². The summed E-state index contributed by atoms with van der Waals surface area (Å²) in [5.74, 6) is -0.726. The summed E-state index contributed by atoms with van der Waals surface area (Å²) in [6.07, 6.45) is 3.53.